The monoisotopic (exact) mass is 223 g/mol. The van der Waals surface area contributed by atoms with Crippen molar-refractivity contribution in [3.63, 3.8) is 0 Å². The van der Waals surface area contributed by atoms with E-state index in [4.69, 9.17) is 11.6 Å². The number of carbonyl (C=O) groups excluding carboxylic acids is 1. The molecule has 0 aromatic carbocycles. The molecule has 0 radical (unpaired) electrons. The molecule has 0 aliphatic rings. The zero-order valence-electron chi connectivity index (χ0n) is 6.81. The molecule has 14 heavy (non-hydrogen) atoms. The van der Waals surface area contributed by atoms with Crippen molar-refractivity contribution in [3.8, 4) is 0 Å². The van der Waals surface area contributed by atoms with Crippen molar-refractivity contribution >= 4 is 17.9 Å². The molecule has 6 heteroatoms. The van der Waals surface area contributed by atoms with Gasteiger partial charge in [0.2, 0.25) is 0 Å². The highest BCUT2D eigenvalue weighted by Crippen LogP contribution is 2.31. The minimum atomic E-state index is -4.58. The molecule has 0 aliphatic heterocycles. The predicted molar refractivity (Wildman–Crippen MR) is 44.0 cm³/mol. The SMILES string of the molecule is O=CCc1ccc(Cl)nc1C(F)(F)F. The van der Waals surface area contributed by atoms with E-state index in [9.17, 15) is 18.0 Å². The first-order valence-corrected chi connectivity index (χ1v) is 3.99. The number of nitrogens with zero attached hydrogens (tertiary/aromatic N) is 1. The minimum Gasteiger partial charge on any atom is -0.303 e. The van der Waals surface area contributed by atoms with E-state index in [2.05, 4.69) is 4.98 Å². The second-order valence-electron chi connectivity index (χ2n) is 2.51. The van der Waals surface area contributed by atoms with Crippen molar-refractivity contribution in [1.29, 1.82) is 0 Å². The van der Waals surface area contributed by atoms with Crippen LogP contribution in [0, 0.1) is 0 Å². The molecule has 0 spiro atoms. The maximum atomic E-state index is 12.3. The van der Waals surface area contributed by atoms with Crippen molar-refractivity contribution in [1.82, 2.24) is 4.98 Å². The Morgan fingerprint density at radius 1 is 1.43 bits per heavy atom. The summed E-state index contributed by atoms with van der Waals surface area (Å²) in [6.07, 6.45) is -4.51. The Bertz CT molecular complexity index is 351. The van der Waals surface area contributed by atoms with E-state index in [-0.39, 0.29) is 17.1 Å². The van der Waals surface area contributed by atoms with Gasteiger partial charge in [-0.05, 0) is 11.6 Å². The Kier molecular flexibility index (Phi) is 3.10. The van der Waals surface area contributed by atoms with Crippen LogP contribution in [0.1, 0.15) is 11.3 Å². The summed E-state index contributed by atoms with van der Waals surface area (Å²) in [6.45, 7) is 0. The number of aromatic nitrogens is 1. The highest BCUT2D eigenvalue weighted by atomic mass is 35.5. The third kappa shape index (κ3) is 2.45. The Hall–Kier alpha value is -1.10. The quantitative estimate of drug-likeness (QED) is 0.570. The summed E-state index contributed by atoms with van der Waals surface area (Å²) in [5, 5.41) is -0.244. The fraction of sp³-hybridized carbons (Fsp3) is 0.250. The minimum absolute atomic E-state index is 0.170. The van der Waals surface area contributed by atoms with Gasteiger partial charge in [0, 0.05) is 6.42 Å². The molecule has 1 aromatic rings. The van der Waals surface area contributed by atoms with Gasteiger partial charge in [0.25, 0.3) is 0 Å². The van der Waals surface area contributed by atoms with E-state index in [1.165, 1.54) is 6.07 Å². The maximum absolute atomic E-state index is 12.3. The summed E-state index contributed by atoms with van der Waals surface area (Å²) in [6, 6.07) is 2.36. The highest BCUT2D eigenvalue weighted by Gasteiger charge is 2.35. The second-order valence-corrected chi connectivity index (χ2v) is 2.90. The normalized spacial score (nSPS) is 11.4. The first-order chi connectivity index (χ1) is 6.45. The van der Waals surface area contributed by atoms with Crippen LogP contribution in [0.3, 0.4) is 0 Å². The Morgan fingerprint density at radius 3 is 2.57 bits per heavy atom. The lowest BCUT2D eigenvalue weighted by atomic mass is 10.1. The van der Waals surface area contributed by atoms with Crippen LogP contribution in [-0.4, -0.2) is 11.3 Å². The molecule has 0 aliphatic carbocycles. The average molecular weight is 224 g/mol. The van der Waals surface area contributed by atoms with E-state index in [1.807, 2.05) is 0 Å². The first-order valence-electron chi connectivity index (χ1n) is 3.61. The molecular formula is C8H5ClF3NO. The molecule has 0 atom stereocenters. The van der Waals surface area contributed by atoms with Crippen LogP contribution in [0.5, 0.6) is 0 Å². The lowest BCUT2D eigenvalue weighted by Crippen LogP contribution is -2.12. The third-order valence-corrected chi connectivity index (χ3v) is 1.73. The highest BCUT2D eigenvalue weighted by molar-refractivity contribution is 6.29. The molecule has 0 amide bonds. The molecule has 1 aromatic heterocycles. The van der Waals surface area contributed by atoms with Gasteiger partial charge < -0.3 is 4.79 Å². The smallest absolute Gasteiger partial charge is 0.303 e. The van der Waals surface area contributed by atoms with Gasteiger partial charge in [0.1, 0.15) is 17.1 Å². The van der Waals surface area contributed by atoms with Crippen molar-refractivity contribution in [2.75, 3.05) is 0 Å². The number of halogens is 4. The largest absolute Gasteiger partial charge is 0.433 e. The van der Waals surface area contributed by atoms with Gasteiger partial charge in [-0.3, -0.25) is 0 Å². The zero-order chi connectivity index (χ0) is 10.8. The molecule has 2 nitrogen and oxygen atoms in total. The standard InChI is InChI=1S/C8H5ClF3NO/c9-6-2-1-5(3-4-14)7(13-6)8(10,11)12/h1-2,4H,3H2. The summed E-state index contributed by atoms with van der Waals surface area (Å²) in [5.41, 5.74) is -1.27. The lowest BCUT2D eigenvalue weighted by Gasteiger charge is -2.09. The van der Waals surface area contributed by atoms with Crippen LogP contribution in [0.4, 0.5) is 13.2 Å². The third-order valence-electron chi connectivity index (χ3n) is 1.52. The molecule has 0 saturated carbocycles. The summed E-state index contributed by atoms with van der Waals surface area (Å²) < 4.78 is 36.9. The van der Waals surface area contributed by atoms with Gasteiger partial charge in [-0.2, -0.15) is 13.2 Å². The van der Waals surface area contributed by atoms with Gasteiger partial charge >= 0.3 is 6.18 Å². The van der Waals surface area contributed by atoms with Crippen molar-refractivity contribution < 1.29 is 18.0 Å². The molecule has 0 bridgehead atoms. The zero-order valence-corrected chi connectivity index (χ0v) is 7.56. The van der Waals surface area contributed by atoms with E-state index >= 15 is 0 Å². The van der Waals surface area contributed by atoms with Gasteiger partial charge in [0.05, 0.1) is 0 Å². The average Bonchev–Trinajstić information content (AvgIpc) is 2.07. The Labute approximate surface area is 82.7 Å². The number of hydrogen-bond donors (Lipinski definition) is 0. The molecule has 0 saturated heterocycles. The van der Waals surface area contributed by atoms with Crippen LogP contribution in [-0.2, 0) is 17.4 Å². The molecule has 1 rings (SSSR count). The summed E-state index contributed by atoms with van der Waals surface area (Å²) in [7, 11) is 0. The summed E-state index contributed by atoms with van der Waals surface area (Å²) in [5.74, 6) is 0. The summed E-state index contributed by atoms with van der Waals surface area (Å²) >= 11 is 5.32. The molecule has 1 heterocycles. The van der Waals surface area contributed by atoms with E-state index < -0.39 is 11.9 Å². The number of rotatable bonds is 2. The fourth-order valence-corrected chi connectivity index (χ4v) is 1.11. The van der Waals surface area contributed by atoms with Crippen LogP contribution >= 0.6 is 11.6 Å². The van der Waals surface area contributed by atoms with E-state index in [1.54, 1.807) is 0 Å². The number of hydrogen-bond acceptors (Lipinski definition) is 2. The maximum Gasteiger partial charge on any atom is 0.433 e. The van der Waals surface area contributed by atoms with Crippen molar-refractivity contribution in [3.05, 3.63) is 28.5 Å². The lowest BCUT2D eigenvalue weighted by molar-refractivity contribution is -0.141. The van der Waals surface area contributed by atoms with E-state index in [0.29, 0.717) is 6.29 Å². The topological polar surface area (TPSA) is 30.0 Å². The molecule has 0 unspecified atom stereocenters. The van der Waals surface area contributed by atoms with Gasteiger partial charge in [0.15, 0.2) is 0 Å². The van der Waals surface area contributed by atoms with Gasteiger partial charge in [-0.1, -0.05) is 17.7 Å². The molecule has 76 valence electrons. The van der Waals surface area contributed by atoms with Crippen molar-refractivity contribution in [2.45, 2.75) is 12.6 Å². The van der Waals surface area contributed by atoms with Crippen molar-refractivity contribution in [2.24, 2.45) is 0 Å². The Morgan fingerprint density at radius 2 is 2.07 bits per heavy atom. The summed E-state index contributed by atoms with van der Waals surface area (Å²) in [4.78, 5) is 13.3. The number of aldehydes is 1. The Balaban J connectivity index is 3.22. The number of pyridine rings is 1. The second kappa shape index (κ2) is 3.96. The van der Waals surface area contributed by atoms with Crippen LogP contribution in [0.15, 0.2) is 12.1 Å². The first kappa shape index (κ1) is 11.0. The van der Waals surface area contributed by atoms with E-state index in [0.717, 1.165) is 6.07 Å². The van der Waals surface area contributed by atoms with Crippen LogP contribution in [0.2, 0.25) is 5.15 Å². The number of carbonyl (C=O) groups is 1. The number of alkyl halides is 3. The van der Waals surface area contributed by atoms with Crippen LogP contribution in [0.25, 0.3) is 0 Å². The van der Waals surface area contributed by atoms with Gasteiger partial charge in [-0.25, -0.2) is 4.98 Å². The fourth-order valence-electron chi connectivity index (χ4n) is 0.964. The van der Waals surface area contributed by atoms with Gasteiger partial charge in [-0.15, -0.1) is 0 Å². The van der Waals surface area contributed by atoms with Crippen LogP contribution < -0.4 is 0 Å². The molecule has 0 N–H and O–H groups in total. The predicted octanol–water partition coefficient (Wildman–Crippen LogP) is 2.50. The molecule has 0 fully saturated rings. The molecular weight excluding hydrogens is 219 g/mol.